The summed E-state index contributed by atoms with van der Waals surface area (Å²) in [5, 5.41) is 0.706. The van der Waals surface area contributed by atoms with Crippen LogP contribution in [0.5, 0.6) is 0 Å². The Morgan fingerprint density at radius 1 is 1.20 bits per heavy atom. The number of hydrogen-bond donors (Lipinski definition) is 1. The molecular weight excluding hydrogens is 343 g/mol. The Hall–Kier alpha value is -2.51. The fourth-order valence-electron chi connectivity index (χ4n) is 2.87. The number of hydrogen-bond acceptors (Lipinski definition) is 5. The first kappa shape index (κ1) is 17.3. The number of halogens is 1. The van der Waals surface area contributed by atoms with Gasteiger partial charge >= 0.3 is 0 Å². The summed E-state index contributed by atoms with van der Waals surface area (Å²) in [6.07, 6.45) is 1.78. The Morgan fingerprint density at radius 3 is 2.64 bits per heavy atom. The molecule has 0 saturated heterocycles. The highest BCUT2D eigenvalue weighted by molar-refractivity contribution is 7.86. The zero-order valence-electron chi connectivity index (χ0n) is 13.7. The van der Waals surface area contributed by atoms with Crippen LogP contribution in [0.15, 0.2) is 48.7 Å². The third kappa shape index (κ3) is 3.62. The highest BCUT2D eigenvalue weighted by Crippen LogP contribution is 2.38. The fourth-order valence-corrected chi connectivity index (χ4v) is 3.50. The summed E-state index contributed by atoms with van der Waals surface area (Å²) in [5.74, 6) is -0.402. The molecule has 2 N–H and O–H groups in total. The lowest BCUT2D eigenvalue weighted by atomic mass is 9.92. The molecule has 0 aliphatic rings. The van der Waals surface area contributed by atoms with Crippen LogP contribution in [-0.2, 0) is 14.3 Å². The Kier molecular flexibility index (Phi) is 4.45. The van der Waals surface area contributed by atoms with E-state index in [-0.39, 0.29) is 0 Å². The summed E-state index contributed by atoms with van der Waals surface area (Å²) in [4.78, 5) is 4.38. The molecule has 1 heterocycles. The van der Waals surface area contributed by atoms with Crippen molar-refractivity contribution >= 4 is 26.7 Å². The van der Waals surface area contributed by atoms with Gasteiger partial charge in [-0.3, -0.25) is 9.17 Å². The predicted octanol–water partition coefficient (Wildman–Crippen LogP) is 3.66. The second-order valence-corrected chi connectivity index (χ2v) is 7.38. The van der Waals surface area contributed by atoms with Gasteiger partial charge in [-0.1, -0.05) is 12.1 Å². The minimum atomic E-state index is -3.68. The van der Waals surface area contributed by atoms with E-state index in [0.29, 0.717) is 33.3 Å². The quantitative estimate of drug-likeness (QED) is 0.567. The maximum Gasteiger partial charge on any atom is 0.264 e. The van der Waals surface area contributed by atoms with Gasteiger partial charge in [0.05, 0.1) is 17.9 Å². The number of nitrogens with zero attached hydrogens (tertiary/aromatic N) is 1. The van der Waals surface area contributed by atoms with Crippen molar-refractivity contribution in [3.05, 3.63) is 60.0 Å². The molecule has 0 saturated carbocycles. The normalized spacial score (nSPS) is 13.1. The lowest BCUT2D eigenvalue weighted by Gasteiger charge is -2.19. The molecule has 0 aliphatic carbocycles. The molecule has 2 aromatic carbocycles. The van der Waals surface area contributed by atoms with E-state index in [4.69, 9.17) is 9.92 Å². The molecule has 0 fully saturated rings. The van der Waals surface area contributed by atoms with Gasteiger partial charge in [-0.25, -0.2) is 4.39 Å². The van der Waals surface area contributed by atoms with Crippen molar-refractivity contribution in [3.63, 3.8) is 0 Å². The highest BCUT2D eigenvalue weighted by Gasteiger charge is 2.21. The number of nitrogen functional groups attached to an aromatic ring is 1. The van der Waals surface area contributed by atoms with Crippen molar-refractivity contribution in [3.8, 4) is 11.1 Å². The molecule has 0 bridgehead atoms. The molecule has 0 amide bonds. The molecule has 1 atom stereocenters. The van der Waals surface area contributed by atoms with Crippen molar-refractivity contribution in [2.45, 2.75) is 13.0 Å². The number of fused-ring (bicyclic) bond motifs is 1. The van der Waals surface area contributed by atoms with Crippen LogP contribution in [0.25, 0.3) is 22.0 Å². The molecular formula is C18H17FN2O3S. The average molecular weight is 360 g/mol. The van der Waals surface area contributed by atoms with Gasteiger partial charge in [-0.15, -0.1) is 0 Å². The van der Waals surface area contributed by atoms with E-state index in [1.807, 2.05) is 6.07 Å². The summed E-state index contributed by atoms with van der Waals surface area (Å²) >= 11 is 0. The molecule has 1 aromatic heterocycles. The van der Waals surface area contributed by atoms with Crippen LogP contribution in [0.4, 0.5) is 10.1 Å². The third-order valence-corrected chi connectivity index (χ3v) is 4.46. The fraction of sp³-hybridized carbons (Fsp3) is 0.167. The van der Waals surface area contributed by atoms with E-state index in [9.17, 15) is 12.8 Å². The summed E-state index contributed by atoms with van der Waals surface area (Å²) in [5.41, 5.74) is 8.82. The van der Waals surface area contributed by atoms with Crippen LogP contribution in [0.3, 0.4) is 0 Å². The van der Waals surface area contributed by atoms with E-state index < -0.39 is 22.0 Å². The first-order valence-corrected chi connectivity index (χ1v) is 9.39. The lowest BCUT2D eigenvalue weighted by Crippen LogP contribution is -2.10. The monoisotopic (exact) mass is 360 g/mol. The zero-order chi connectivity index (χ0) is 18.2. The van der Waals surface area contributed by atoms with E-state index in [1.165, 1.54) is 12.1 Å². The van der Waals surface area contributed by atoms with Gasteiger partial charge in [0.2, 0.25) is 0 Å². The van der Waals surface area contributed by atoms with Crippen LogP contribution in [0, 0.1) is 5.82 Å². The van der Waals surface area contributed by atoms with Crippen LogP contribution < -0.4 is 5.73 Å². The molecule has 25 heavy (non-hydrogen) atoms. The number of pyridine rings is 1. The van der Waals surface area contributed by atoms with Gasteiger partial charge in [0.25, 0.3) is 10.1 Å². The number of nitrogens with two attached hydrogens (primary N) is 1. The SMILES string of the molecule is CC(OS(C)(=O)=O)c1cc(N)c2cccnc2c1-c1cccc(F)c1. The van der Waals surface area contributed by atoms with Crippen LogP contribution >= 0.6 is 0 Å². The smallest absolute Gasteiger partial charge is 0.264 e. The lowest BCUT2D eigenvalue weighted by molar-refractivity contribution is 0.237. The van der Waals surface area contributed by atoms with E-state index in [1.54, 1.807) is 37.4 Å². The summed E-state index contributed by atoms with van der Waals surface area (Å²) in [6.45, 7) is 1.60. The van der Waals surface area contributed by atoms with Crippen LogP contribution in [0.2, 0.25) is 0 Å². The molecule has 7 heteroatoms. The summed E-state index contributed by atoms with van der Waals surface area (Å²) in [6, 6.07) is 11.3. The van der Waals surface area contributed by atoms with Gasteiger partial charge in [0.1, 0.15) is 5.82 Å². The van der Waals surface area contributed by atoms with Crippen molar-refractivity contribution in [1.29, 1.82) is 0 Å². The van der Waals surface area contributed by atoms with Crippen molar-refractivity contribution in [2.24, 2.45) is 0 Å². The van der Waals surface area contributed by atoms with Gasteiger partial charge in [-0.2, -0.15) is 8.42 Å². The number of rotatable bonds is 4. The molecule has 5 nitrogen and oxygen atoms in total. The minimum absolute atomic E-state index is 0.402. The second-order valence-electron chi connectivity index (χ2n) is 5.78. The Balaban J connectivity index is 2.34. The largest absolute Gasteiger partial charge is 0.398 e. The molecule has 3 rings (SSSR count). The molecule has 0 radical (unpaired) electrons. The van der Waals surface area contributed by atoms with Gasteiger partial charge in [0.15, 0.2) is 0 Å². The molecule has 3 aromatic rings. The van der Waals surface area contributed by atoms with Crippen LogP contribution in [-0.4, -0.2) is 19.7 Å². The van der Waals surface area contributed by atoms with E-state index >= 15 is 0 Å². The first-order valence-electron chi connectivity index (χ1n) is 7.57. The Labute approximate surface area is 145 Å². The number of anilines is 1. The Bertz CT molecular complexity index is 1050. The average Bonchev–Trinajstić information content (AvgIpc) is 2.53. The van der Waals surface area contributed by atoms with Crippen molar-refractivity contribution < 1.29 is 17.0 Å². The molecule has 0 spiro atoms. The highest BCUT2D eigenvalue weighted by atomic mass is 32.2. The van der Waals surface area contributed by atoms with Crippen molar-refractivity contribution in [2.75, 3.05) is 12.0 Å². The summed E-state index contributed by atoms with van der Waals surface area (Å²) < 4.78 is 42.0. The van der Waals surface area contributed by atoms with Crippen LogP contribution in [0.1, 0.15) is 18.6 Å². The van der Waals surface area contributed by atoms with E-state index in [0.717, 1.165) is 6.26 Å². The Morgan fingerprint density at radius 2 is 1.96 bits per heavy atom. The zero-order valence-corrected chi connectivity index (χ0v) is 14.5. The van der Waals surface area contributed by atoms with E-state index in [2.05, 4.69) is 4.98 Å². The van der Waals surface area contributed by atoms with Crippen molar-refractivity contribution in [1.82, 2.24) is 4.98 Å². The first-order chi connectivity index (χ1) is 11.8. The number of aromatic nitrogens is 1. The number of benzene rings is 2. The minimum Gasteiger partial charge on any atom is -0.398 e. The topological polar surface area (TPSA) is 82.3 Å². The standard InChI is InChI=1S/C18H17FN2O3S/c1-11(24-25(2,22)23)15-10-16(20)14-7-4-8-21-18(14)17(15)12-5-3-6-13(19)9-12/h3-11H,20H2,1-2H3. The second kappa shape index (κ2) is 6.42. The third-order valence-electron chi connectivity index (χ3n) is 3.83. The maximum atomic E-state index is 13.8. The predicted molar refractivity (Wildman–Crippen MR) is 95.9 cm³/mol. The van der Waals surface area contributed by atoms with Gasteiger partial charge in [-0.05, 0) is 48.4 Å². The van der Waals surface area contributed by atoms with Gasteiger partial charge in [0, 0.05) is 22.8 Å². The maximum absolute atomic E-state index is 13.8. The van der Waals surface area contributed by atoms with Gasteiger partial charge < -0.3 is 5.73 Å². The summed E-state index contributed by atoms with van der Waals surface area (Å²) in [7, 11) is -3.68. The molecule has 1 unspecified atom stereocenters. The molecule has 0 aliphatic heterocycles. The molecule has 130 valence electrons.